The van der Waals surface area contributed by atoms with Gasteiger partial charge in [-0.1, -0.05) is 26.0 Å². The van der Waals surface area contributed by atoms with E-state index < -0.39 is 5.41 Å². The van der Waals surface area contributed by atoms with Gasteiger partial charge in [0.2, 0.25) is 0 Å². The SMILES string of the molecule is CC(C)(CO)[C@H](N)c1cccc(F)c1.Cl. The van der Waals surface area contributed by atoms with E-state index >= 15 is 0 Å². The molecular formula is C11H17ClFNO. The predicted octanol–water partition coefficient (Wildman–Crippen LogP) is 2.27. The molecule has 0 aliphatic rings. The molecule has 0 aliphatic carbocycles. The first-order valence-electron chi connectivity index (χ1n) is 4.59. The van der Waals surface area contributed by atoms with Crippen molar-refractivity contribution in [3.05, 3.63) is 35.6 Å². The first kappa shape index (κ1) is 14.4. The molecule has 0 fully saturated rings. The summed E-state index contributed by atoms with van der Waals surface area (Å²) in [7, 11) is 0. The van der Waals surface area contributed by atoms with Crippen LogP contribution in [0.4, 0.5) is 4.39 Å². The molecule has 0 saturated heterocycles. The molecule has 0 aromatic heterocycles. The van der Waals surface area contributed by atoms with E-state index in [0.29, 0.717) is 5.56 Å². The van der Waals surface area contributed by atoms with E-state index in [0.717, 1.165) is 0 Å². The largest absolute Gasteiger partial charge is 0.396 e. The van der Waals surface area contributed by atoms with Gasteiger partial charge in [-0.25, -0.2) is 4.39 Å². The molecule has 3 N–H and O–H groups in total. The van der Waals surface area contributed by atoms with Gasteiger partial charge < -0.3 is 10.8 Å². The maximum atomic E-state index is 12.9. The van der Waals surface area contributed by atoms with Crippen LogP contribution < -0.4 is 5.73 Å². The Morgan fingerprint density at radius 3 is 2.53 bits per heavy atom. The fourth-order valence-corrected chi connectivity index (χ4v) is 1.25. The molecule has 0 radical (unpaired) electrons. The summed E-state index contributed by atoms with van der Waals surface area (Å²) >= 11 is 0. The molecule has 0 amide bonds. The number of aliphatic hydroxyl groups is 1. The Bertz CT molecular complexity index is 317. The van der Waals surface area contributed by atoms with Gasteiger partial charge >= 0.3 is 0 Å². The summed E-state index contributed by atoms with van der Waals surface area (Å²) in [5.74, 6) is -0.299. The monoisotopic (exact) mass is 233 g/mol. The maximum Gasteiger partial charge on any atom is 0.123 e. The number of rotatable bonds is 3. The summed E-state index contributed by atoms with van der Waals surface area (Å²) in [5, 5.41) is 9.12. The van der Waals surface area contributed by atoms with Crippen LogP contribution in [0.5, 0.6) is 0 Å². The normalized spacial score (nSPS) is 13.1. The standard InChI is InChI=1S/C11H16FNO.ClH/c1-11(2,7-14)10(13)8-4-3-5-9(12)6-8;/h3-6,10,14H,7,13H2,1-2H3;1H/t10-;/m1./s1. The van der Waals surface area contributed by atoms with Gasteiger partial charge in [0.25, 0.3) is 0 Å². The summed E-state index contributed by atoms with van der Waals surface area (Å²) in [5.41, 5.74) is 6.20. The van der Waals surface area contributed by atoms with Crippen molar-refractivity contribution in [3.63, 3.8) is 0 Å². The van der Waals surface area contributed by atoms with Crippen LogP contribution in [0.2, 0.25) is 0 Å². The molecule has 86 valence electrons. The van der Waals surface area contributed by atoms with E-state index in [1.807, 2.05) is 13.8 Å². The molecule has 1 atom stereocenters. The third-order valence-corrected chi connectivity index (χ3v) is 2.46. The van der Waals surface area contributed by atoms with Gasteiger partial charge in [-0.15, -0.1) is 12.4 Å². The second-order valence-corrected chi connectivity index (χ2v) is 4.18. The lowest BCUT2D eigenvalue weighted by atomic mass is 9.82. The Hall–Kier alpha value is -0.640. The Kier molecular flexibility index (Phi) is 5.21. The molecule has 1 rings (SSSR count). The fraction of sp³-hybridized carbons (Fsp3) is 0.455. The molecule has 0 heterocycles. The summed E-state index contributed by atoms with van der Waals surface area (Å²) < 4.78 is 12.9. The molecule has 2 nitrogen and oxygen atoms in total. The van der Waals surface area contributed by atoms with Gasteiger partial charge in [0.15, 0.2) is 0 Å². The first-order chi connectivity index (χ1) is 6.47. The Labute approximate surface area is 95.7 Å². The summed E-state index contributed by atoms with van der Waals surface area (Å²) in [6, 6.07) is 5.82. The summed E-state index contributed by atoms with van der Waals surface area (Å²) in [6.45, 7) is 3.68. The van der Waals surface area contributed by atoms with Crippen LogP contribution in [-0.2, 0) is 0 Å². The Balaban J connectivity index is 0.00000196. The van der Waals surface area contributed by atoms with E-state index in [9.17, 15) is 4.39 Å². The highest BCUT2D eigenvalue weighted by atomic mass is 35.5. The molecular weight excluding hydrogens is 217 g/mol. The number of benzene rings is 1. The highest BCUT2D eigenvalue weighted by Gasteiger charge is 2.26. The van der Waals surface area contributed by atoms with Crippen molar-refractivity contribution in [2.75, 3.05) is 6.61 Å². The molecule has 0 unspecified atom stereocenters. The van der Waals surface area contributed by atoms with Gasteiger partial charge in [0, 0.05) is 18.1 Å². The average Bonchev–Trinajstić information content (AvgIpc) is 2.16. The van der Waals surface area contributed by atoms with Crippen molar-refractivity contribution >= 4 is 12.4 Å². The zero-order chi connectivity index (χ0) is 10.8. The Morgan fingerprint density at radius 1 is 1.47 bits per heavy atom. The van der Waals surface area contributed by atoms with Gasteiger partial charge in [0.05, 0.1) is 0 Å². The minimum absolute atomic E-state index is 0. The number of nitrogens with two attached hydrogens (primary N) is 1. The zero-order valence-electron chi connectivity index (χ0n) is 8.90. The lowest BCUT2D eigenvalue weighted by molar-refractivity contribution is 0.132. The van der Waals surface area contributed by atoms with E-state index in [-0.39, 0.29) is 30.9 Å². The molecule has 4 heteroatoms. The second kappa shape index (κ2) is 5.45. The van der Waals surface area contributed by atoms with Crippen molar-refractivity contribution in [2.24, 2.45) is 11.1 Å². The van der Waals surface area contributed by atoms with Crippen LogP contribution in [0.1, 0.15) is 25.5 Å². The minimum Gasteiger partial charge on any atom is -0.396 e. The lowest BCUT2D eigenvalue weighted by Gasteiger charge is -2.29. The highest BCUT2D eigenvalue weighted by molar-refractivity contribution is 5.85. The second-order valence-electron chi connectivity index (χ2n) is 4.18. The van der Waals surface area contributed by atoms with Crippen molar-refractivity contribution in [1.82, 2.24) is 0 Å². The van der Waals surface area contributed by atoms with Gasteiger partial charge in [-0.2, -0.15) is 0 Å². The van der Waals surface area contributed by atoms with Crippen LogP contribution in [-0.4, -0.2) is 11.7 Å². The van der Waals surface area contributed by atoms with Crippen LogP contribution in [0.25, 0.3) is 0 Å². The van der Waals surface area contributed by atoms with Crippen molar-refractivity contribution in [1.29, 1.82) is 0 Å². The van der Waals surface area contributed by atoms with Gasteiger partial charge in [-0.3, -0.25) is 0 Å². The molecule has 0 bridgehead atoms. The molecule has 0 aliphatic heterocycles. The molecule has 15 heavy (non-hydrogen) atoms. The molecule has 0 spiro atoms. The fourth-order valence-electron chi connectivity index (χ4n) is 1.25. The van der Waals surface area contributed by atoms with E-state index in [2.05, 4.69) is 0 Å². The number of hydrogen-bond donors (Lipinski definition) is 2. The number of halogens is 2. The van der Waals surface area contributed by atoms with Crippen molar-refractivity contribution in [2.45, 2.75) is 19.9 Å². The van der Waals surface area contributed by atoms with E-state index in [4.69, 9.17) is 10.8 Å². The quantitative estimate of drug-likeness (QED) is 0.841. The molecule has 1 aromatic rings. The van der Waals surface area contributed by atoms with Crippen LogP contribution in [0.15, 0.2) is 24.3 Å². The summed E-state index contributed by atoms with van der Waals surface area (Å²) in [6.07, 6.45) is 0. The van der Waals surface area contributed by atoms with Crippen LogP contribution in [0.3, 0.4) is 0 Å². The maximum absolute atomic E-state index is 12.9. The Morgan fingerprint density at radius 2 is 2.07 bits per heavy atom. The van der Waals surface area contributed by atoms with Crippen molar-refractivity contribution in [3.8, 4) is 0 Å². The summed E-state index contributed by atoms with van der Waals surface area (Å²) in [4.78, 5) is 0. The van der Waals surface area contributed by atoms with Gasteiger partial charge in [-0.05, 0) is 17.7 Å². The number of aliphatic hydroxyl groups excluding tert-OH is 1. The van der Waals surface area contributed by atoms with Crippen LogP contribution in [0, 0.1) is 11.2 Å². The minimum atomic E-state index is -0.437. The lowest BCUT2D eigenvalue weighted by Crippen LogP contribution is -2.32. The van der Waals surface area contributed by atoms with E-state index in [1.165, 1.54) is 12.1 Å². The predicted molar refractivity (Wildman–Crippen MR) is 61.4 cm³/mol. The van der Waals surface area contributed by atoms with Crippen molar-refractivity contribution < 1.29 is 9.50 Å². The topological polar surface area (TPSA) is 46.2 Å². The highest BCUT2D eigenvalue weighted by Crippen LogP contribution is 2.30. The first-order valence-corrected chi connectivity index (χ1v) is 4.59. The number of hydrogen-bond acceptors (Lipinski definition) is 2. The average molecular weight is 234 g/mol. The molecule has 0 saturated carbocycles. The third-order valence-electron chi connectivity index (χ3n) is 2.46. The zero-order valence-corrected chi connectivity index (χ0v) is 9.72. The third kappa shape index (κ3) is 3.45. The van der Waals surface area contributed by atoms with Crippen LogP contribution >= 0.6 is 12.4 Å². The molecule has 1 aromatic carbocycles. The smallest absolute Gasteiger partial charge is 0.123 e. The van der Waals surface area contributed by atoms with E-state index in [1.54, 1.807) is 12.1 Å². The van der Waals surface area contributed by atoms with Gasteiger partial charge in [0.1, 0.15) is 5.82 Å².